The van der Waals surface area contributed by atoms with Crippen molar-refractivity contribution in [1.29, 1.82) is 0 Å². The summed E-state index contributed by atoms with van der Waals surface area (Å²) in [7, 11) is -1.70. The highest BCUT2D eigenvalue weighted by molar-refractivity contribution is 7.89. The van der Waals surface area contributed by atoms with Gasteiger partial charge in [0, 0.05) is 23.8 Å². The van der Waals surface area contributed by atoms with E-state index in [0.29, 0.717) is 0 Å². The monoisotopic (exact) mass is 308 g/mol. The van der Waals surface area contributed by atoms with Crippen LogP contribution in [0.25, 0.3) is 0 Å². The van der Waals surface area contributed by atoms with Crippen molar-refractivity contribution >= 4 is 10.0 Å². The van der Waals surface area contributed by atoms with E-state index >= 15 is 0 Å². The summed E-state index contributed by atoms with van der Waals surface area (Å²) in [5, 5.41) is 9.75. The first-order chi connectivity index (χ1) is 9.94. The SMILES string of the molecule is CNC(C)c1cccc(S(=O)(=O)NCc2cn[nH]c2C)c1. The van der Waals surface area contributed by atoms with Crippen LogP contribution in [0.3, 0.4) is 0 Å². The number of aromatic amines is 1. The summed E-state index contributed by atoms with van der Waals surface area (Å²) in [4.78, 5) is 0.267. The van der Waals surface area contributed by atoms with Crippen molar-refractivity contribution < 1.29 is 8.42 Å². The molecule has 7 heteroatoms. The summed E-state index contributed by atoms with van der Waals surface area (Å²) in [5.41, 5.74) is 2.62. The maximum absolute atomic E-state index is 12.3. The van der Waals surface area contributed by atoms with Gasteiger partial charge in [-0.2, -0.15) is 5.10 Å². The first kappa shape index (κ1) is 15.7. The van der Waals surface area contributed by atoms with E-state index in [1.807, 2.05) is 27.0 Å². The van der Waals surface area contributed by atoms with E-state index in [1.165, 1.54) is 0 Å². The predicted molar refractivity (Wildman–Crippen MR) is 81.3 cm³/mol. The molecule has 1 aromatic carbocycles. The van der Waals surface area contributed by atoms with E-state index < -0.39 is 10.0 Å². The van der Waals surface area contributed by atoms with Crippen molar-refractivity contribution in [2.24, 2.45) is 0 Å². The Bertz CT molecular complexity index is 709. The summed E-state index contributed by atoms with van der Waals surface area (Å²) in [5.74, 6) is 0. The van der Waals surface area contributed by atoms with E-state index in [2.05, 4.69) is 20.2 Å². The van der Waals surface area contributed by atoms with E-state index in [0.717, 1.165) is 16.8 Å². The average molecular weight is 308 g/mol. The van der Waals surface area contributed by atoms with Gasteiger partial charge in [0.2, 0.25) is 10.0 Å². The first-order valence-corrected chi connectivity index (χ1v) is 8.18. The molecule has 0 saturated heterocycles. The third kappa shape index (κ3) is 3.69. The number of hydrogen-bond acceptors (Lipinski definition) is 4. The van der Waals surface area contributed by atoms with Crippen LogP contribution >= 0.6 is 0 Å². The fourth-order valence-electron chi connectivity index (χ4n) is 1.93. The number of benzene rings is 1. The number of aromatic nitrogens is 2. The van der Waals surface area contributed by atoms with Gasteiger partial charge in [-0.1, -0.05) is 12.1 Å². The van der Waals surface area contributed by atoms with Crippen molar-refractivity contribution in [2.75, 3.05) is 7.05 Å². The fraction of sp³-hybridized carbons (Fsp3) is 0.357. The molecule has 3 N–H and O–H groups in total. The van der Waals surface area contributed by atoms with E-state index in [1.54, 1.807) is 24.4 Å². The van der Waals surface area contributed by atoms with Gasteiger partial charge in [-0.05, 0) is 38.6 Å². The lowest BCUT2D eigenvalue weighted by Gasteiger charge is -2.12. The molecule has 0 saturated carbocycles. The molecule has 0 fully saturated rings. The largest absolute Gasteiger partial charge is 0.313 e. The third-order valence-corrected chi connectivity index (χ3v) is 4.89. The molecule has 6 nitrogen and oxygen atoms in total. The second-order valence-corrected chi connectivity index (χ2v) is 6.69. The lowest BCUT2D eigenvalue weighted by molar-refractivity contribution is 0.580. The lowest BCUT2D eigenvalue weighted by atomic mass is 10.1. The molecule has 0 spiro atoms. The van der Waals surface area contributed by atoms with E-state index in [9.17, 15) is 8.42 Å². The number of hydrogen-bond donors (Lipinski definition) is 3. The number of H-pyrrole nitrogens is 1. The molecule has 1 atom stereocenters. The van der Waals surface area contributed by atoms with Crippen molar-refractivity contribution in [2.45, 2.75) is 31.3 Å². The van der Waals surface area contributed by atoms with Crippen LogP contribution in [0.15, 0.2) is 35.4 Å². The zero-order valence-electron chi connectivity index (χ0n) is 12.3. The van der Waals surface area contributed by atoms with Gasteiger partial charge in [0.05, 0.1) is 11.1 Å². The molecule has 114 valence electrons. The second kappa shape index (κ2) is 6.38. The van der Waals surface area contributed by atoms with Crippen molar-refractivity contribution in [3.8, 4) is 0 Å². The van der Waals surface area contributed by atoms with Crippen LogP contribution in [0.2, 0.25) is 0 Å². The topological polar surface area (TPSA) is 86.9 Å². The standard InChI is InChI=1S/C14H20N4O2S/c1-10(15-3)12-5-4-6-14(7-12)21(19,20)17-9-13-8-16-18-11(13)2/h4-8,10,15,17H,9H2,1-3H3,(H,16,18). The van der Waals surface area contributed by atoms with Crippen LogP contribution in [0.1, 0.15) is 29.8 Å². The fourth-order valence-corrected chi connectivity index (χ4v) is 2.99. The van der Waals surface area contributed by atoms with Gasteiger partial charge in [0.15, 0.2) is 0 Å². The zero-order valence-corrected chi connectivity index (χ0v) is 13.2. The summed E-state index contributed by atoms with van der Waals surface area (Å²) in [6.45, 7) is 4.05. The van der Waals surface area contributed by atoms with Crippen molar-refractivity contribution in [3.63, 3.8) is 0 Å². The Morgan fingerprint density at radius 2 is 2.14 bits per heavy atom. The van der Waals surface area contributed by atoms with Gasteiger partial charge < -0.3 is 5.32 Å². The lowest BCUT2D eigenvalue weighted by Crippen LogP contribution is -2.24. The molecule has 0 amide bonds. The van der Waals surface area contributed by atoms with Gasteiger partial charge >= 0.3 is 0 Å². The Labute approximate surface area is 125 Å². The van der Waals surface area contributed by atoms with Crippen LogP contribution < -0.4 is 10.0 Å². The molecule has 0 aliphatic rings. The zero-order chi connectivity index (χ0) is 15.5. The number of rotatable bonds is 6. The van der Waals surface area contributed by atoms with E-state index in [4.69, 9.17) is 0 Å². The minimum Gasteiger partial charge on any atom is -0.313 e. The van der Waals surface area contributed by atoms with Gasteiger partial charge in [-0.3, -0.25) is 5.10 Å². The van der Waals surface area contributed by atoms with E-state index in [-0.39, 0.29) is 17.5 Å². The molecule has 1 aromatic heterocycles. The molecule has 0 aliphatic carbocycles. The number of nitrogens with zero attached hydrogens (tertiary/aromatic N) is 1. The Balaban J connectivity index is 2.18. The molecular weight excluding hydrogens is 288 g/mol. The molecule has 2 rings (SSSR count). The summed E-state index contributed by atoms with van der Waals surface area (Å²) >= 11 is 0. The summed E-state index contributed by atoms with van der Waals surface area (Å²) in [6.07, 6.45) is 1.62. The second-order valence-electron chi connectivity index (χ2n) is 4.93. The Kier molecular flexibility index (Phi) is 4.76. The van der Waals surface area contributed by atoms with Gasteiger partial charge in [-0.25, -0.2) is 13.1 Å². The molecule has 0 radical (unpaired) electrons. The Hall–Kier alpha value is -1.70. The van der Waals surface area contributed by atoms with Crippen LogP contribution in [0, 0.1) is 6.92 Å². The van der Waals surface area contributed by atoms with Crippen LogP contribution in [-0.4, -0.2) is 25.7 Å². The minimum atomic E-state index is -3.54. The minimum absolute atomic E-state index is 0.0938. The Morgan fingerprint density at radius 3 is 2.76 bits per heavy atom. The first-order valence-electron chi connectivity index (χ1n) is 6.70. The highest BCUT2D eigenvalue weighted by Crippen LogP contribution is 2.17. The van der Waals surface area contributed by atoms with Crippen LogP contribution in [0.5, 0.6) is 0 Å². The summed E-state index contributed by atoms with van der Waals surface area (Å²) < 4.78 is 27.3. The molecule has 0 bridgehead atoms. The average Bonchev–Trinajstić information content (AvgIpc) is 2.90. The maximum Gasteiger partial charge on any atom is 0.240 e. The maximum atomic E-state index is 12.3. The normalized spacial score (nSPS) is 13.3. The van der Waals surface area contributed by atoms with Gasteiger partial charge in [0.25, 0.3) is 0 Å². The van der Waals surface area contributed by atoms with Crippen molar-refractivity contribution in [1.82, 2.24) is 20.2 Å². The summed E-state index contributed by atoms with van der Waals surface area (Å²) in [6, 6.07) is 7.03. The number of sulfonamides is 1. The van der Waals surface area contributed by atoms with Crippen LogP contribution in [0.4, 0.5) is 0 Å². The quantitative estimate of drug-likeness (QED) is 0.754. The molecule has 2 aromatic rings. The smallest absolute Gasteiger partial charge is 0.240 e. The van der Waals surface area contributed by atoms with Gasteiger partial charge in [0.1, 0.15) is 0 Å². The highest BCUT2D eigenvalue weighted by Gasteiger charge is 2.16. The third-order valence-electron chi connectivity index (χ3n) is 3.49. The molecule has 1 unspecified atom stereocenters. The van der Waals surface area contributed by atoms with Crippen LogP contribution in [-0.2, 0) is 16.6 Å². The number of aryl methyl sites for hydroxylation is 1. The Morgan fingerprint density at radius 1 is 1.38 bits per heavy atom. The van der Waals surface area contributed by atoms with Gasteiger partial charge in [-0.15, -0.1) is 0 Å². The molecule has 1 heterocycles. The number of nitrogens with one attached hydrogen (secondary N) is 3. The molecule has 21 heavy (non-hydrogen) atoms. The molecule has 0 aliphatic heterocycles. The molecular formula is C14H20N4O2S. The highest BCUT2D eigenvalue weighted by atomic mass is 32.2. The predicted octanol–water partition coefficient (Wildman–Crippen LogP) is 1.48. The van der Waals surface area contributed by atoms with Crippen molar-refractivity contribution in [3.05, 3.63) is 47.3 Å².